The van der Waals surface area contributed by atoms with Crippen LogP contribution in [0.5, 0.6) is 11.5 Å². The summed E-state index contributed by atoms with van der Waals surface area (Å²) < 4.78 is 15.9. The molecule has 2 saturated heterocycles. The molecule has 2 fully saturated rings. The minimum Gasteiger partial charge on any atom is -0.507 e. The van der Waals surface area contributed by atoms with E-state index in [1.54, 1.807) is 18.2 Å². The Morgan fingerprint density at radius 2 is 1.81 bits per heavy atom. The smallest absolute Gasteiger partial charge is 0.295 e. The van der Waals surface area contributed by atoms with Gasteiger partial charge in [-0.25, -0.2) is 0 Å². The number of rotatable bonds is 9. The lowest BCUT2D eigenvalue weighted by molar-refractivity contribution is -0.384. The van der Waals surface area contributed by atoms with Crippen LogP contribution in [0.1, 0.15) is 23.6 Å². The van der Waals surface area contributed by atoms with Crippen LogP contribution in [-0.4, -0.2) is 85.1 Å². The molecule has 1 atom stereocenters. The summed E-state index contributed by atoms with van der Waals surface area (Å²) in [5.41, 5.74) is 0.299. The number of hydrogen-bond donors (Lipinski definition) is 1. The zero-order valence-electron chi connectivity index (χ0n) is 20.7. The standard InChI is InChI=1S/C26H29N3O8/c1-35-20-8-7-18(16-21(20)36-2)24(30)22-23(17-5-3-6-19(15-17)29(33)34)28(26(32)25(22)31)10-4-9-27-11-13-37-14-12-27/h3,5-8,15-16,23,30H,4,9-14H2,1-2H3/t23-/m0/s1. The molecule has 196 valence electrons. The number of nitro groups is 1. The molecule has 0 spiro atoms. The average molecular weight is 512 g/mol. The maximum atomic E-state index is 13.2. The van der Waals surface area contributed by atoms with Gasteiger partial charge < -0.3 is 24.2 Å². The predicted octanol–water partition coefficient (Wildman–Crippen LogP) is 2.76. The van der Waals surface area contributed by atoms with Crippen molar-refractivity contribution in [3.63, 3.8) is 0 Å². The van der Waals surface area contributed by atoms with Crippen LogP contribution in [0.4, 0.5) is 5.69 Å². The quantitative estimate of drug-likeness (QED) is 0.177. The summed E-state index contributed by atoms with van der Waals surface area (Å²) in [5, 5.41) is 22.7. The van der Waals surface area contributed by atoms with Crippen LogP contribution in [-0.2, 0) is 14.3 Å². The van der Waals surface area contributed by atoms with Gasteiger partial charge in [-0.2, -0.15) is 0 Å². The summed E-state index contributed by atoms with van der Waals surface area (Å²) in [5.74, 6) is -1.25. The van der Waals surface area contributed by atoms with Crippen molar-refractivity contribution in [2.24, 2.45) is 0 Å². The van der Waals surface area contributed by atoms with Gasteiger partial charge in [0.05, 0.1) is 44.0 Å². The molecule has 2 aromatic rings. The van der Waals surface area contributed by atoms with E-state index in [4.69, 9.17) is 14.2 Å². The third kappa shape index (κ3) is 5.42. The number of aliphatic hydroxyl groups excluding tert-OH is 1. The maximum Gasteiger partial charge on any atom is 0.295 e. The zero-order chi connectivity index (χ0) is 26.5. The number of benzene rings is 2. The second kappa shape index (κ2) is 11.4. The van der Waals surface area contributed by atoms with Crippen LogP contribution in [0.25, 0.3) is 5.76 Å². The molecule has 37 heavy (non-hydrogen) atoms. The van der Waals surface area contributed by atoms with Gasteiger partial charge in [0.15, 0.2) is 11.5 Å². The van der Waals surface area contributed by atoms with E-state index in [1.165, 1.54) is 43.4 Å². The summed E-state index contributed by atoms with van der Waals surface area (Å²) in [7, 11) is 2.92. The molecule has 2 aliphatic heterocycles. The lowest BCUT2D eigenvalue weighted by Gasteiger charge is -2.29. The molecular weight excluding hydrogens is 482 g/mol. The summed E-state index contributed by atoms with van der Waals surface area (Å²) in [4.78, 5) is 40.9. The second-order valence-electron chi connectivity index (χ2n) is 8.72. The fourth-order valence-corrected chi connectivity index (χ4v) is 4.69. The molecule has 0 aromatic heterocycles. The third-order valence-corrected chi connectivity index (χ3v) is 6.57. The van der Waals surface area contributed by atoms with E-state index < -0.39 is 28.4 Å². The first kappa shape index (κ1) is 26.1. The number of nitro benzene ring substituents is 1. The Kier molecular flexibility index (Phi) is 8.04. The fourth-order valence-electron chi connectivity index (χ4n) is 4.69. The van der Waals surface area contributed by atoms with Crippen LogP contribution < -0.4 is 9.47 Å². The lowest BCUT2D eigenvalue weighted by atomic mass is 9.94. The number of likely N-dealkylation sites (tertiary alicyclic amines) is 1. The Hall–Kier alpha value is -3.96. The lowest BCUT2D eigenvalue weighted by Crippen LogP contribution is -2.39. The van der Waals surface area contributed by atoms with Gasteiger partial charge >= 0.3 is 0 Å². The van der Waals surface area contributed by atoms with Crippen LogP contribution in [0, 0.1) is 10.1 Å². The number of carbonyl (C=O) groups is 2. The first-order valence-corrected chi connectivity index (χ1v) is 11.9. The minimum absolute atomic E-state index is 0.135. The molecule has 0 unspecified atom stereocenters. The van der Waals surface area contributed by atoms with Gasteiger partial charge in [0, 0.05) is 43.9 Å². The molecule has 4 rings (SSSR count). The number of morpholine rings is 1. The highest BCUT2D eigenvalue weighted by atomic mass is 16.6. The molecular formula is C26H29N3O8. The van der Waals surface area contributed by atoms with Crippen molar-refractivity contribution < 1.29 is 33.8 Å². The Morgan fingerprint density at radius 3 is 2.49 bits per heavy atom. The van der Waals surface area contributed by atoms with E-state index in [-0.39, 0.29) is 23.4 Å². The number of ether oxygens (including phenoxy) is 3. The Bertz CT molecular complexity index is 1220. The van der Waals surface area contributed by atoms with E-state index in [2.05, 4.69) is 4.90 Å². The van der Waals surface area contributed by atoms with Crippen molar-refractivity contribution in [2.75, 3.05) is 53.6 Å². The van der Waals surface area contributed by atoms with Crippen LogP contribution in [0.3, 0.4) is 0 Å². The van der Waals surface area contributed by atoms with Gasteiger partial charge in [-0.05, 0) is 30.2 Å². The van der Waals surface area contributed by atoms with Crippen molar-refractivity contribution in [3.8, 4) is 11.5 Å². The number of nitrogens with zero attached hydrogens (tertiary/aromatic N) is 3. The Balaban J connectivity index is 1.74. The highest BCUT2D eigenvalue weighted by Gasteiger charge is 2.46. The normalized spacial score (nSPS) is 19.7. The van der Waals surface area contributed by atoms with E-state index >= 15 is 0 Å². The number of amides is 1. The molecule has 1 amide bonds. The highest BCUT2D eigenvalue weighted by molar-refractivity contribution is 6.46. The van der Waals surface area contributed by atoms with E-state index in [0.717, 1.165) is 13.1 Å². The molecule has 0 bridgehead atoms. The van der Waals surface area contributed by atoms with Gasteiger partial charge in [0.25, 0.3) is 17.4 Å². The molecule has 0 radical (unpaired) electrons. The second-order valence-corrected chi connectivity index (χ2v) is 8.72. The van der Waals surface area contributed by atoms with Gasteiger partial charge in [0.2, 0.25) is 0 Å². The van der Waals surface area contributed by atoms with E-state index in [0.29, 0.717) is 43.2 Å². The highest BCUT2D eigenvalue weighted by Crippen LogP contribution is 2.41. The Morgan fingerprint density at radius 1 is 1.08 bits per heavy atom. The van der Waals surface area contributed by atoms with Crippen molar-refractivity contribution >= 4 is 23.1 Å². The third-order valence-electron chi connectivity index (χ3n) is 6.57. The molecule has 0 aliphatic carbocycles. The number of carbonyl (C=O) groups excluding carboxylic acids is 2. The number of Topliss-reactive ketones (excluding diaryl/α,β-unsaturated/α-hetero) is 1. The van der Waals surface area contributed by atoms with Gasteiger partial charge in [0.1, 0.15) is 5.76 Å². The van der Waals surface area contributed by atoms with Gasteiger partial charge in [-0.1, -0.05) is 12.1 Å². The largest absolute Gasteiger partial charge is 0.507 e. The van der Waals surface area contributed by atoms with Crippen LogP contribution >= 0.6 is 0 Å². The van der Waals surface area contributed by atoms with Gasteiger partial charge in [-0.15, -0.1) is 0 Å². The number of methoxy groups -OCH3 is 2. The predicted molar refractivity (Wildman–Crippen MR) is 134 cm³/mol. The first-order valence-electron chi connectivity index (χ1n) is 11.9. The zero-order valence-corrected chi connectivity index (χ0v) is 20.7. The fraction of sp³-hybridized carbons (Fsp3) is 0.385. The topological polar surface area (TPSA) is 132 Å². The van der Waals surface area contributed by atoms with Crippen molar-refractivity contribution in [2.45, 2.75) is 12.5 Å². The number of non-ortho nitro benzene ring substituents is 1. The van der Waals surface area contributed by atoms with Crippen molar-refractivity contribution in [1.29, 1.82) is 0 Å². The molecule has 11 nitrogen and oxygen atoms in total. The van der Waals surface area contributed by atoms with E-state index in [9.17, 15) is 24.8 Å². The summed E-state index contributed by atoms with van der Waals surface area (Å²) >= 11 is 0. The molecule has 1 N–H and O–H groups in total. The summed E-state index contributed by atoms with van der Waals surface area (Å²) in [6.45, 7) is 3.79. The van der Waals surface area contributed by atoms with Gasteiger partial charge in [-0.3, -0.25) is 24.6 Å². The summed E-state index contributed by atoms with van der Waals surface area (Å²) in [6.07, 6.45) is 0.578. The molecule has 2 aromatic carbocycles. The Labute approximate surface area is 214 Å². The van der Waals surface area contributed by atoms with Crippen molar-refractivity contribution in [1.82, 2.24) is 9.80 Å². The molecule has 11 heteroatoms. The average Bonchev–Trinajstić information content (AvgIpc) is 3.18. The van der Waals surface area contributed by atoms with E-state index in [1.807, 2.05) is 0 Å². The SMILES string of the molecule is COc1ccc(C(O)=C2C(=O)C(=O)N(CCCN3CCOCC3)[C@H]2c2cccc([N+](=O)[O-])c2)cc1OC. The van der Waals surface area contributed by atoms with Crippen molar-refractivity contribution in [3.05, 3.63) is 69.3 Å². The number of hydrogen-bond acceptors (Lipinski definition) is 9. The maximum absolute atomic E-state index is 13.2. The molecule has 2 heterocycles. The molecule has 2 aliphatic rings. The molecule has 0 saturated carbocycles. The number of aliphatic hydroxyl groups is 1. The van der Waals surface area contributed by atoms with Crippen LogP contribution in [0.2, 0.25) is 0 Å². The monoisotopic (exact) mass is 511 g/mol. The minimum atomic E-state index is -0.988. The number of ketones is 1. The first-order chi connectivity index (χ1) is 17.8. The van der Waals surface area contributed by atoms with Crippen LogP contribution in [0.15, 0.2) is 48.0 Å². The summed E-state index contributed by atoms with van der Waals surface area (Å²) in [6, 6.07) is 9.41.